The number of nitrogens with zero attached hydrogens (tertiary/aromatic N) is 2. The molecule has 1 N–H and O–H groups in total. The molecule has 1 atom stereocenters. The van der Waals surface area contributed by atoms with Crippen LogP contribution in [0.25, 0.3) is 0 Å². The van der Waals surface area contributed by atoms with Crippen LogP contribution in [0.1, 0.15) is 12.5 Å². The molecule has 0 spiro atoms. The van der Waals surface area contributed by atoms with Crippen LogP contribution < -0.4 is 5.32 Å². The molecule has 1 aromatic carbocycles. The first-order valence-corrected chi connectivity index (χ1v) is 7.16. The Kier molecular flexibility index (Phi) is 6.59. The van der Waals surface area contributed by atoms with Crippen LogP contribution in [-0.2, 0) is 11.3 Å². The van der Waals surface area contributed by atoms with E-state index in [2.05, 4.69) is 5.32 Å². The highest BCUT2D eigenvalue weighted by Gasteiger charge is 2.30. The van der Waals surface area contributed by atoms with Crippen LogP contribution in [0, 0.1) is 22.0 Å². The fraction of sp³-hybridized carbons (Fsp3) is 0.500. The summed E-state index contributed by atoms with van der Waals surface area (Å²) >= 11 is 6.06. The summed E-state index contributed by atoms with van der Waals surface area (Å²) in [5, 5.41) is 14.4. The summed E-state index contributed by atoms with van der Waals surface area (Å²) in [5.41, 5.74) is 0.562. The Bertz CT molecular complexity index is 564. The molecule has 1 aromatic rings. The van der Waals surface area contributed by atoms with E-state index < -0.39 is 4.92 Å². The van der Waals surface area contributed by atoms with E-state index in [9.17, 15) is 14.9 Å². The highest BCUT2D eigenvalue weighted by molar-refractivity contribution is 6.31. The maximum atomic E-state index is 12.3. The summed E-state index contributed by atoms with van der Waals surface area (Å²) in [6.07, 6.45) is 0. The van der Waals surface area contributed by atoms with Crippen molar-refractivity contribution >= 4 is 35.6 Å². The van der Waals surface area contributed by atoms with Gasteiger partial charge in [-0.05, 0) is 30.6 Å². The number of hydrogen-bond donors (Lipinski definition) is 1. The fourth-order valence-electron chi connectivity index (χ4n) is 2.34. The Hall–Kier alpha value is -1.37. The fourth-order valence-corrected chi connectivity index (χ4v) is 2.52. The van der Waals surface area contributed by atoms with E-state index in [1.54, 1.807) is 11.9 Å². The highest BCUT2D eigenvalue weighted by atomic mass is 35.5. The van der Waals surface area contributed by atoms with Gasteiger partial charge in [-0.3, -0.25) is 14.9 Å². The minimum Gasteiger partial charge on any atom is -0.341 e. The molecule has 1 heterocycles. The van der Waals surface area contributed by atoms with Crippen molar-refractivity contribution in [2.24, 2.45) is 11.8 Å². The van der Waals surface area contributed by atoms with E-state index in [1.165, 1.54) is 18.2 Å². The number of amides is 1. The Morgan fingerprint density at radius 3 is 2.68 bits per heavy atom. The molecule has 1 unspecified atom stereocenters. The molecule has 122 valence electrons. The number of nitrogens with one attached hydrogen (secondary N) is 1. The Morgan fingerprint density at radius 1 is 1.55 bits per heavy atom. The Labute approximate surface area is 140 Å². The Balaban J connectivity index is 0.00000242. The molecule has 0 radical (unpaired) electrons. The largest absolute Gasteiger partial charge is 0.341 e. The lowest BCUT2D eigenvalue weighted by Crippen LogP contribution is -2.49. The molecule has 0 saturated carbocycles. The number of carbonyl (C=O) groups is 1. The van der Waals surface area contributed by atoms with Crippen molar-refractivity contribution in [2.45, 2.75) is 13.5 Å². The molecule has 1 aliphatic rings. The molecule has 8 heteroatoms. The number of nitro groups is 1. The number of carbonyl (C=O) groups excluding carboxylic acids is 1. The van der Waals surface area contributed by atoms with Crippen molar-refractivity contribution in [3.8, 4) is 0 Å². The van der Waals surface area contributed by atoms with Gasteiger partial charge in [-0.15, -0.1) is 12.4 Å². The van der Waals surface area contributed by atoms with E-state index in [1.807, 2.05) is 6.92 Å². The first kappa shape index (κ1) is 18.7. The third kappa shape index (κ3) is 4.09. The van der Waals surface area contributed by atoms with Crippen molar-refractivity contribution in [3.05, 3.63) is 38.9 Å². The van der Waals surface area contributed by atoms with E-state index >= 15 is 0 Å². The smallest absolute Gasteiger partial charge is 0.269 e. The molecule has 1 saturated heterocycles. The number of halogens is 2. The molecule has 1 fully saturated rings. The van der Waals surface area contributed by atoms with Crippen LogP contribution in [0.2, 0.25) is 5.02 Å². The molecular formula is C14H19Cl2N3O3. The van der Waals surface area contributed by atoms with E-state index in [-0.39, 0.29) is 36.5 Å². The third-order valence-corrected chi connectivity index (χ3v) is 4.30. The summed E-state index contributed by atoms with van der Waals surface area (Å²) in [4.78, 5) is 24.2. The van der Waals surface area contributed by atoms with Crippen molar-refractivity contribution in [1.82, 2.24) is 10.2 Å². The molecule has 1 aliphatic heterocycles. The number of benzene rings is 1. The normalized spacial score (nSPS) is 15.4. The van der Waals surface area contributed by atoms with Gasteiger partial charge in [0.2, 0.25) is 5.91 Å². The topological polar surface area (TPSA) is 75.5 Å². The summed E-state index contributed by atoms with van der Waals surface area (Å²) < 4.78 is 0. The average Bonchev–Trinajstić information content (AvgIpc) is 2.37. The Morgan fingerprint density at radius 2 is 2.18 bits per heavy atom. The van der Waals surface area contributed by atoms with Gasteiger partial charge < -0.3 is 10.2 Å². The molecule has 22 heavy (non-hydrogen) atoms. The SMILES string of the molecule is CC(C(=O)N(C)Cc1cc([N+](=O)[O-])ccc1Cl)C1CNC1.Cl. The zero-order chi connectivity index (χ0) is 15.6. The van der Waals surface area contributed by atoms with Gasteiger partial charge in [0.05, 0.1) is 4.92 Å². The predicted molar refractivity (Wildman–Crippen MR) is 87.4 cm³/mol. The van der Waals surface area contributed by atoms with Gasteiger partial charge in [0.1, 0.15) is 0 Å². The second-order valence-electron chi connectivity index (χ2n) is 5.43. The molecule has 0 aromatic heterocycles. The molecule has 1 amide bonds. The average molecular weight is 348 g/mol. The van der Waals surface area contributed by atoms with Crippen LogP contribution in [0.15, 0.2) is 18.2 Å². The molecule has 0 aliphatic carbocycles. The van der Waals surface area contributed by atoms with Gasteiger partial charge in [-0.25, -0.2) is 0 Å². The van der Waals surface area contributed by atoms with Gasteiger partial charge in [0, 0.05) is 36.7 Å². The second-order valence-corrected chi connectivity index (χ2v) is 5.84. The first-order chi connectivity index (χ1) is 9.90. The summed E-state index contributed by atoms with van der Waals surface area (Å²) in [6, 6.07) is 4.27. The number of non-ortho nitro benzene ring substituents is 1. The van der Waals surface area contributed by atoms with E-state index in [0.717, 1.165) is 13.1 Å². The predicted octanol–water partition coefficient (Wildman–Crippen LogP) is 2.48. The zero-order valence-corrected chi connectivity index (χ0v) is 14.0. The quantitative estimate of drug-likeness (QED) is 0.655. The lowest BCUT2D eigenvalue weighted by Gasteiger charge is -2.34. The lowest BCUT2D eigenvalue weighted by atomic mass is 9.88. The number of hydrogen-bond acceptors (Lipinski definition) is 4. The highest BCUT2D eigenvalue weighted by Crippen LogP contribution is 2.24. The van der Waals surface area contributed by atoms with Crippen LogP contribution >= 0.6 is 24.0 Å². The van der Waals surface area contributed by atoms with Crippen LogP contribution in [-0.4, -0.2) is 35.9 Å². The standard InChI is InChI=1S/C14H18ClN3O3.ClH/c1-9(11-6-16-7-11)14(19)17(2)8-10-5-12(18(20)21)3-4-13(10)15;/h3-5,9,11,16H,6-8H2,1-2H3;1H. The molecule has 2 rings (SSSR count). The summed E-state index contributed by atoms with van der Waals surface area (Å²) in [5.74, 6) is 0.332. The van der Waals surface area contributed by atoms with Gasteiger partial charge >= 0.3 is 0 Å². The molecule has 0 bridgehead atoms. The first-order valence-electron chi connectivity index (χ1n) is 6.78. The molecular weight excluding hydrogens is 329 g/mol. The molecule has 6 nitrogen and oxygen atoms in total. The van der Waals surface area contributed by atoms with E-state index in [0.29, 0.717) is 16.5 Å². The van der Waals surface area contributed by atoms with Crippen molar-refractivity contribution in [3.63, 3.8) is 0 Å². The van der Waals surface area contributed by atoms with Crippen molar-refractivity contribution < 1.29 is 9.72 Å². The van der Waals surface area contributed by atoms with E-state index in [4.69, 9.17) is 11.6 Å². The zero-order valence-electron chi connectivity index (χ0n) is 12.4. The maximum absolute atomic E-state index is 12.3. The van der Waals surface area contributed by atoms with Gasteiger partial charge in [-0.1, -0.05) is 18.5 Å². The van der Waals surface area contributed by atoms with Crippen LogP contribution in [0.3, 0.4) is 0 Å². The van der Waals surface area contributed by atoms with Gasteiger partial charge in [-0.2, -0.15) is 0 Å². The maximum Gasteiger partial charge on any atom is 0.269 e. The van der Waals surface area contributed by atoms with Crippen molar-refractivity contribution in [2.75, 3.05) is 20.1 Å². The number of rotatable bonds is 5. The van der Waals surface area contributed by atoms with Gasteiger partial charge in [0.25, 0.3) is 5.69 Å². The monoisotopic (exact) mass is 347 g/mol. The summed E-state index contributed by atoms with van der Waals surface area (Å²) in [7, 11) is 1.69. The van der Waals surface area contributed by atoms with Crippen LogP contribution in [0.5, 0.6) is 0 Å². The number of nitro benzene ring substituents is 1. The minimum absolute atomic E-state index is 0. The third-order valence-electron chi connectivity index (χ3n) is 3.93. The summed E-state index contributed by atoms with van der Waals surface area (Å²) in [6.45, 7) is 3.90. The lowest BCUT2D eigenvalue weighted by molar-refractivity contribution is -0.384. The van der Waals surface area contributed by atoms with Crippen molar-refractivity contribution in [1.29, 1.82) is 0 Å². The second kappa shape index (κ2) is 7.76. The minimum atomic E-state index is -0.468. The van der Waals surface area contributed by atoms with Gasteiger partial charge in [0.15, 0.2) is 0 Å². The van der Waals surface area contributed by atoms with Crippen LogP contribution in [0.4, 0.5) is 5.69 Å².